The van der Waals surface area contributed by atoms with E-state index in [9.17, 15) is 9.59 Å². The summed E-state index contributed by atoms with van der Waals surface area (Å²) in [5.41, 5.74) is 0. The highest BCUT2D eigenvalue weighted by atomic mass is 28.5. The summed E-state index contributed by atoms with van der Waals surface area (Å²) < 4.78 is 24.7. The van der Waals surface area contributed by atoms with Gasteiger partial charge in [0.1, 0.15) is 12.2 Å². The summed E-state index contributed by atoms with van der Waals surface area (Å²) in [5, 5.41) is 0. The SMILES string of the molecule is C=CC(=O)OC1CC(CC[Si](C)(C)O[Si](C)(C)O[Si](C)(C)CCCC)CCC1OC(=O)CCC. The molecule has 9 heteroatoms. The molecule has 0 aliphatic heterocycles. The van der Waals surface area contributed by atoms with E-state index >= 15 is 0 Å². The third kappa shape index (κ3) is 12.3. The summed E-state index contributed by atoms with van der Waals surface area (Å²) in [6.45, 7) is 21.3. The third-order valence-corrected chi connectivity index (χ3v) is 17.7. The van der Waals surface area contributed by atoms with Crippen LogP contribution in [0.25, 0.3) is 0 Å². The van der Waals surface area contributed by atoms with Gasteiger partial charge in [-0.2, -0.15) is 0 Å². The number of rotatable bonds is 15. The Hall–Kier alpha value is -0.749. The van der Waals surface area contributed by atoms with E-state index in [1.165, 1.54) is 25.0 Å². The maximum absolute atomic E-state index is 12.0. The smallest absolute Gasteiger partial charge is 0.330 e. The van der Waals surface area contributed by atoms with E-state index in [2.05, 4.69) is 52.8 Å². The number of carbonyl (C=O) groups excluding carboxylic acids is 2. The van der Waals surface area contributed by atoms with Gasteiger partial charge in [-0.25, -0.2) is 4.79 Å². The molecule has 1 rings (SSSR count). The van der Waals surface area contributed by atoms with Gasteiger partial charge in [-0.05, 0) is 83.0 Å². The van der Waals surface area contributed by atoms with Crippen molar-refractivity contribution >= 4 is 37.1 Å². The summed E-state index contributed by atoms with van der Waals surface area (Å²) in [4.78, 5) is 23.9. The molecule has 0 aromatic carbocycles. The maximum Gasteiger partial charge on any atom is 0.330 e. The summed E-state index contributed by atoms with van der Waals surface area (Å²) in [5.74, 6) is -0.259. The van der Waals surface area contributed by atoms with Crippen LogP contribution in [0.4, 0.5) is 0 Å². The molecule has 3 unspecified atom stereocenters. The fourth-order valence-electron chi connectivity index (χ4n) is 4.94. The largest absolute Gasteiger partial charge is 0.458 e. The van der Waals surface area contributed by atoms with Gasteiger partial charge in [-0.3, -0.25) is 4.79 Å². The van der Waals surface area contributed by atoms with Gasteiger partial charge in [-0.1, -0.05) is 39.7 Å². The lowest BCUT2D eigenvalue weighted by atomic mass is 9.83. The first-order valence-electron chi connectivity index (χ1n) is 13.2. The second-order valence-electron chi connectivity index (χ2n) is 11.4. The monoisotopic (exact) mass is 530 g/mol. The summed E-state index contributed by atoms with van der Waals surface area (Å²) in [6.07, 6.45) is 7.38. The van der Waals surface area contributed by atoms with Crippen molar-refractivity contribution in [2.24, 2.45) is 5.92 Å². The quantitative estimate of drug-likeness (QED) is 0.130. The molecule has 1 aliphatic carbocycles. The molecule has 3 atom stereocenters. The average molecular weight is 531 g/mol. The van der Waals surface area contributed by atoms with Crippen molar-refractivity contribution in [1.29, 1.82) is 0 Å². The molecule has 1 saturated carbocycles. The van der Waals surface area contributed by atoms with Crippen molar-refractivity contribution in [2.45, 2.75) is 129 Å². The zero-order valence-corrected chi connectivity index (χ0v) is 26.0. The minimum atomic E-state index is -2.20. The van der Waals surface area contributed by atoms with E-state index in [1.54, 1.807) is 0 Å². The fraction of sp³-hybridized carbons (Fsp3) is 0.840. The van der Waals surface area contributed by atoms with Gasteiger partial charge in [-0.15, -0.1) is 0 Å². The van der Waals surface area contributed by atoms with Crippen LogP contribution in [0.2, 0.25) is 51.4 Å². The van der Waals surface area contributed by atoms with Crippen molar-refractivity contribution < 1.29 is 27.3 Å². The van der Waals surface area contributed by atoms with Crippen LogP contribution in [0.3, 0.4) is 0 Å². The molecule has 6 nitrogen and oxygen atoms in total. The van der Waals surface area contributed by atoms with Crippen molar-refractivity contribution in [3.8, 4) is 0 Å². The molecule has 0 bridgehead atoms. The van der Waals surface area contributed by atoms with Gasteiger partial charge in [0.25, 0.3) is 0 Å². The number of esters is 2. The lowest BCUT2D eigenvalue weighted by Gasteiger charge is -2.40. The van der Waals surface area contributed by atoms with E-state index in [4.69, 9.17) is 17.7 Å². The minimum Gasteiger partial charge on any atom is -0.458 e. The van der Waals surface area contributed by atoms with Gasteiger partial charge < -0.3 is 17.7 Å². The van der Waals surface area contributed by atoms with Gasteiger partial charge >= 0.3 is 20.5 Å². The molecule has 1 fully saturated rings. The second kappa shape index (κ2) is 14.1. The van der Waals surface area contributed by atoms with E-state index in [0.29, 0.717) is 18.8 Å². The van der Waals surface area contributed by atoms with Crippen molar-refractivity contribution in [3.63, 3.8) is 0 Å². The van der Waals surface area contributed by atoms with Crippen LogP contribution in [0, 0.1) is 5.92 Å². The van der Waals surface area contributed by atoms with E-state index < -0.39 is 37.3 Å². The number of ether oxygens (including phenoxy) is 2. The fourth-order valence-corrected chi connectivity index (χ4v) is 19.3. The number of hydrogen-bond acceptors (Lipinski definition) is 6. The molecule has 198 valence electrons. The highest BCUT2D eigenvalue weighted by molar-refractivity contribution is 6.87. The molecule has 0 spiro atoms. The normalized spacial score (nSPS) is 21.7. The molecule has 0 N–H and O–H groups in total. The van der Waals surface area contributed by atoms with Crippen molar-refractivity contribution in [3.05, 3.63) is 12.7 Å². The Bertz CT molecular complexity index is 665. The van der Waals surface area contributed by atoms with Gasteiger partial charge in [0, 0.05) is 12.5 Å². The van der Waals surface area contributed by atoms with Crippen LogP contribution in [0.5, 0.6) is 0 Å². The Morgan fingerprint density at radius 1 is 0.882 bits per heavy atom. The van der Waals surface area contributed by atoms with Gasteiger partial charge in [0.05, 0.1) is 0 Å². The van der Waals surface area contributed by atoms with Gasteiger partial charge in [0.2, 0.25) is 0 Å². The van der Waals surface area contributed by atoms with Crippen LogP contribution in [-0.2, 0) is 27.3 Å². The van der Waals surface area contributed by atoms with Crippen LogP contribution in [-0.4, -0.2) is 49.3 Å². The van der Waals surface area contributed by atoms with Crippen LogP contribution < -0.4 is 0 Å². The Kier molecular flexibility index (Phi) is 13.0. The van der Waals surface area contributed by atoms with E-state index in [0.717, 1.165) is 31.7 Å². The molecule has 0 heterocycles. The molecule has 0 aromatic heterocycles. The summed E-state index contributed by atoms with van der Waals surface area (Å²) >= 11 is 0. The molecule has 0 amide bonds. The number of unbranched alkanes of at least 4 members (excludes halogenated alkanes) is 1. The molecule has 1 aliphatic rings. The van der Waals surface area contributed by atoms with Gasteiger partial charge in [0.15, 0.2) is 16.6 Å². The zero-order chi connectivity index (χ0) is 26.0. The Morgan fingerprint density at radius 2 is 1.50 bits per heavy atom. The predicted octanol–water partition coefficient (Wildman–Crippen LogP) is 6.93. The summed E-state index contributed by atoms with van der Waals surface area (Å²) in [7, 11) is -5.83. The standard InChI is InChI=1S/C25H50O6Si3/c1-10-13-18-32(4,5)30-34(8,9)31-33(6,7)19-17-21-15-16-22(28-25(27)14-11-2)23(20-21)29-24(26)12-3/h12,21-23H,3,10-11,13-20H2,1-2,4-9H3. The lowest BCUT2D eigenvalue weighted by Crippen LogP contribution is -2.52. The van der Waals surface area contributed by atoms with Crippen LogP contribution in [0.1, 0.15) is 65.2 Å². The first-order valence-corrected chi connectivity index (χ1v) is 22.2. The number of hydrogen-bond donors (Lipinski definition) is 0. The van der Waals surface area contributed by atoms with Crippen molar-refractivity contribution in [1.82, 2.24) is 0 Å². The average Bonchev–Trinajstić information content (AvgIpc) is 2.70. The first kappa shape index (κ1) is 31.3. The Morgan fingerprint density at radius 3 is 2.06 bits per heavy atom. The molecule has 0 radical (unpaired) electrons. The second-order valence-corrected chi connectivity index (χ2v) is 23.9. The topological polar surface area (TPSA) is 71.1 Å². The Labute approximate surface area is 211 Å². The minimum absolute atomic E-state index is 0.217. The van der Waals surface area contributed by atoms with Crippen molar-refractivity contribution in [2.75, 3.05) is 0 Å². The molecule has 0 aromatic rings. The molecule has 34 heavy (non-hydrogen) atoms. The van der Waals surface area contributed by atoms with Crippen LogP contribution in [0.15, 0.2) is 12.7 Å². The molecule has 0 saturated heterocycles. The van der Waals surface area contributed by atoms with E-state index in [1.807, 2.05) is 6.92 Å². The molecular formula is C25H50O6Si3. The first-order chi connectivity index (χ1) is 15.7. The summed E-state index contributed by atoms with van der Waals surface area (Å²) in [6, 6.07) is 2.22. The Balaban J connectivity index is 2.69. The zero-order valence-electron chi connectivity index (χ0n) is 23.0. The highest BCUT2D eigenvalue weighted by Crippen LogP contribution is 2.35. The molecular weight excluding hydrogens is 481 g/mol. The lowest BCUT2D eigenvalue weighted by molar-refractivity contribution is -0.170. The highest BCUT2D eigenvalue weighted by Gasteiger charge is 2.41. The maximum atomic E-state index is 12.0. The third-order valence-electron chi connectivity index (χ3n) is 6.34. The number of carbonyl (C=O) groups is 2. The predicted molar refractivity (Wildman–Crippen MR) is 146 cm³/mol. The van der Waals surface area contributed by atoms with Crippen LogP contribution >= 0.6 is 0 Å². The van der Waals surface area contributed by atoms with E-state index in [-0.39, 0.29) is 12.1 Å².